The molecule has 0 aliphatic carbocycles. The molecular weight excluding hydrogens is 220 g/mol. The van der Waals surface area contributed by atoms with Crippen molar-refractivity contribution in [3.8, 4) is 0 Å². The van der Waals surface area contributed by atoms with Gasteiger partial charge in [-0.2, -0.15) is 0 Å². The molecule has 0 saturated heterocycles. The van der Waals surface area contributed by atoms with Gasteiger partial charge in [-0.25, -0.2) is 0 Å². The minimum Gasteiger partial charge on any atom is -0.372 e. The zero-order chi connectivity index (χ0) is 13.2. The zero-order valence-electron chi connectivity index (χ0n) is 12.0. The minimum atomic E-state index is 0.731. The molecule has 0 atom stereocenters. The number of hydrogen-bond donors (Lipinski definition) is 1. The number of hydrogen-bond acceptors (Lipinski definition) is 2. The van der Waals surface area contributed by atoms with Crippen LogP contribution in [0.5, 0.6) is 0 Å². The van der Waals surface area contributed by atoms with E-state index >= 15 is 0 Å². The maximum absolute atomic E-state index is 5.58. The highest BCUT2D eigenvalue weighted by Crippen LogP contribution is 2.17. The summed E-state index contributed by atoms with van der Waals surface area (Å²) in [6, 6.07) is 8.92. The van der Waals surface area contributed by atoms with Gasteiger partial charge in [0.05, 0.1) is 0 Å². The first-order chi connectivity index (χ1) is 8.81. The second kappa shape index (κ2) is 8.98. The van der Waals surface area contributed by atoms with Crippen LogP contribution in [0.2, 0.25) is 0 Å². The standard InChI is InChI=1S/C16H28N2/c1-3-5-13-18(14-6-4-2)16-9-7-15(8-10-16)11-12-17/h7-10H,3-6,11-14,17H2,1-2H3. The summed E-state index contributed by atoms with van der Waals surface area (Å²) in [4.78, 5) is 2.51. The maximum atomic E-state index is 5.58. The summed E-state index contributed by atoms with van der Waals surface area (Å²) in [5, 5.41) is 0. The van der Waals surface area contributed by atoms with E-state index in [0.29, 0.717) is 0 Å². The third-order valence-electron chi connectivity index (χ3n) is 3.30. The van der Waals surface area contributed by atoms with Crippen molar-refractivity contribution >= 4 is 5.69 Å². The molecule has 0 radical (unpaired) electrons. The summed E-state index contributed by atoms with van der Waals surface area (Å²) in [5.74, 6) is 0. The van der Waals surface area contributed by atoms with Crippen LogP contribution in [0.3, 0.4) is 0 Å². The van der Waals surface area contributed by atoms with Crippen LogP contribution in [0.25, 0.3) is 0 Å². The Labute approximate surface area is 112 Å². The third kappa shape index (κ3) is 5.09. The fourth-order valence-electron chi connectivity index (χ4n) is 2.11. The Kier molecular flexibility index (Phi) is 7.51. The van der Waals surface area contributed by atoms with Crippen LogP contribution in [0.15, 0.2) is 24.3 Å². The molecule has 0 spiro atoms. The number of benzene rings is 1. The van der Waals surface area contributed by atoms with Crippen molar-refractivity contribution in [2.24, 2.45) is 5.73 Å². The largest absolute Gasteiger partial charge is 0.372 e. The molecule has 0 heterocycles. The van der Waals surface area contributed by atoms with E-state index in [4.69, 9.17) is 5.73 Å². The lowest BCUT2D eigenvalue weighted by Crippen LogP contribution is -2.25. The average molecular weight is 248 g/mol. The molecular formula is C16H28N2. The molecule has 0 aliphatic heterocycles. The van der Waals surface area contributed by atoms with E-state index < -0.39 is 0 Å². The normalized spacial score (nSPS) is 10.6. The molecule has 2 N–H and O–H groups in total. The van der Waals surface area contributed by atoms with Crippen molar-refractivity contribution in [1.82, 2.24) is 0 Å². The molecule has 0 aliphatic rings. The summed E-state index contributed by atoms with van der Waals surface area (Å²) >= 11 is 0. The maximum Gasteiger partial charge on any atom is 0.0366 e. The van der Waals surface area contributed by atoms with Crippen LogP contribution < -0.4 is 10.6 Å². The zero-order valence-corrected chi connectivity index (χ0v) is 12.0. The van der Waals surface area contributed by atoms with E-state index in [0.717, 1.165) is 13.0 Å². The van der Waals surface area contributed by atoms with Crippen molar-refractivity contribution in [2.75, 3.05) is 24.5 Å². The Morgan fingerprint density at radius 2 is 1.50 bits per heavy atom. The molecule has 0 amide bonds. The highest BCUT2D eigenvalue weighted by atomic mass is 15.1. The Morgan fingerprint density at radius 3 is 1.94 bits per heavy atom. The predicted molar refractivity (Wildman–Crippen MR) is 81.2 cm³/mol. The van der Waals surface area contributed by atoms with Crippen LogP contribution >= 0.6 is 0 Å². The molecule has 0 unspecified atom stereocenters. The molecule has 0 aromatic heterocycles. The van der Waals surface area contributed by atoms with Crippen molar-refractivity contribution in [1.29, 1.82) is 0 Å². The van der Waals surface area contributed by atoms with Crippen LogP contribution in [0, 0.1) is 0 Å². The fraction of sp³-hybridized carbons (Fsp3) is 0.625. The predicted octanol–water partition coefficient (Wildman–Crippen LogP) is 3.59. The number of anilines is 1. The van der Waals surface area contributed by atoms with Gasteiger partial charge in [0.1, 0.15) is 0 Å². The van der Waals surface area contributed by atoms with Gasteiger partial charge >= 0.3 is 0 Å². The van der Waals surface area contributed by atoms with Gasteiger partial charge in [-0.15, -0.1) is 0 Å². The smallest absolute Gasteiger partial charge is 0.0366 e. The van der Waals surface area contributed by atoms with E-state index in [1.807, 2.05) is 0 Å². The van der Waals surface area contributed by atoms with E-state index in [1.54, 1.807) is 0 Å². The fourth-order valence-corrected chi connectivity index (χ4v) is 2.11. The Morgan fingerprint density at radius 1 is 0.944 bits per heavy atom. The first kappa shape index (κ1) is 15.0. The van der Waals surface area contributed by atoms with Gasteiger partial charge in [-0.3, -0.25) is 0 Å². The van der Waals surface area contributed by atoms with Crippen molar-refractivity contribution in [3.05, 3.63) is 29.8 Å². The first-order valence-corrected chi connectivity index (χ1v) is 7.35. The van der Waals surface area contributed by atoms with Gasteiger partial charge < -0.3 is 10.6 Å². The van der Waals surface area contributed by atoms with Gasteiger partial charge in [0.2, 0.25) is 0 Å². The quantitative estimate of drug-likeness (QED) is 0.723. The molecule has 0 bridgehead atoms. The van der Waals surface area contributed by atoms with Gasteiger partial charge in [-0.05, 0) is 43.5 Å². The SMILES string of the molecule is CCCCN(CCCC)c1ccc(CCN)cc1. The van der Waals surface area contributed by atoms with Crippen LogP contribution in [-0.4, -0.2) is 19.6 Å². The molecule has 1 rings (SSSR count). The highest BCUT2D eigenvalue weighted by Gasteiger charge is 2.05. The van der Waals surface area contributed by atoms with Gasteiger partial charge in [0.15, 0.2) is 0 Å². The van der Waals surface area contributed by atoms with Crippen molar-refractivity contribution in [3.63, 3.8) is 0 Å². The molecule has 1 aromatic rings. The Balaban J connectivity index is 2.64. The molecule has 102 valence electrons. The molecule has 2 nitrogen and oxygen atoms in total. The average Bonchev–Trinajstić information content (AvgIpc) is 2.41. The van der Waals surface area contributed by atoms with E-state index in [9.17, 15) is 0 Å². The Bertz CT molecular complexity index is 297. The lowest BCUT2D eigenvalue weighted by molar-refractivity contribution is 0.678. The highest BCUT2D eigenvalue weighted by molar-refractivity contribution is 5.47. The van der Waals surface area contributed by atoms with E-state index in [1.165, 1.54) is 50.0 Å². The second-order valence-electron chi connectivity index (χ2n) is 4.90. The number of nitrogens with two attached hydrogens (primary N) is 1. The summed E-state index contributed by atoms with van der Waals surface area (Å²) in [5.41, 5.74) is 8.28. The number of rotatable bonds is 9. The van der Waals surface area contributed by atoms with Gasteiger partial charge in [0, 0.05) is 18.8 Å². The number of unbranched alkanes of at least 4 members (excludes halogenated alkanes) is 2. The van der Waals surface area contributed by atoms with Crippen molar-refractivity contribution < 1.29 is 0 Å². The topological polar surface area (TPSA) is 29.3 Å². The molecule has 18 heavy (non-hydrogen) atoms. The summed E-state index contributed by atoms with van der Waals surface area (Å²) < 4.78 is 0. The van der Waals surface area contributed by atoms with Crippen molar-refractivity contribution in [2.45, 2.75) is 46.0 Å². The molecule has 0 fully saturated rings. The number of nitrogens with zero attached hydrogens (tertiary/aromatic N) is 1. The third-order valence-corrected chi connectivity index (χ3v) is 3.30. The first-order valence-electron chi connectivity index (χ1n) is 7.35. The molecule has 0 saturated carbocycles. The van der Waals surface area contributed by atoms with Gasteiger partial charge in [-0.1, -0.05) is 38.8 Å². The van der Waals surface area contributed by atoms with Crippen LogP contribution in [0.4, 0.5) is 5.69 Å². The van der Waals surface area contributed by atoms with Gasteiger partial charge in [0.25, 0.3) is 0 Å². The minimum absolute atomic E-state index is 0.731. The second-order valence-corrected chi connectivity index (χ2v) is 4.90. The summed E-state index contributed by atoms with van der Waals surface area (Å²) in [6.45, 7) is 7.58. The molecule has 2 heteroatoms. The van der Waals surface area contributed by atoms with E-state index in [2.05, 4.69) is 43.0 Å². The van der Waals surface area contributed by atoms with E-state index in [-0.39, 0.29) is 0 Å². The summed E-state index contributed by atoms with van der Waals surface area (Å²) in [6.07, 6.45) is 6.04. The monoisotopic (exact) mass is 248 g/mol. The van der Waals surface area contributed by atoms with Crippen LogP contribution in [0.1, 0.15) is 45.1 Å². The molecule has 1 aromatic carbocycles. The Hall–Kier alpha value is -1.02. The van der Waals surface area contributed by atoms with Crippen LogP contribution in [-0.2, 0) is 6.42 Å². The summed E-state index contributed by atoms with van der Waals surface area (Å²) in [7, 11) is 0. The lowest BCUT2D eigenvalue weighted by Gasteiger charge is -2.25. The lowest BCUT2D eigenvalue weighted by atomic mass is 10.1.